The second-order valence-electron chi connectivity index (χ2n) is 4.82. The van der Waals surface area contributed by atoms with Crippen LogP contribution >= 0.6 is 22.9 Å². The summed E-state index contributed by atoms with van der Waals surface area (Å²) in [5, 5.41) is 6.34. The zero-order chi connectivity index (χ0) is 14.1. The van der Waals surface area contributed by atoms with Crippen molar-refractivity contribution in [2.75, 3.05) is 7.05 Å². The van der Waals surface area contributed by atoms with Crippen LogP contribution < -0.4 is 5.32 Å². The molecule has 0 saturated heterocycles. The topological polar surface area (TPSA) is 29.9 Å². The first-order chi connectivity index (χ1) is 9.67. The monoisotopic (exact) mass is 305 g/mol. The smallest absolute Gasteiger partial charge is 0.0897 e. The van der Waals surface area contributed by atoms with Gasteiger partial charge in [0.1, 0.15) is 0 Å². The van der Waals surface area contributed by atoms with Crippen molar-refractivity contribution in [1.82, 2.24) is 14.9 Å². The van der Waals surface area contributed by atoms with Gasteiger partial charge in [-0.25, -0.2) is 4.98 Å². The number of hydrogen-bond donors (Lipinski definition) is 1. The van der Waals surface area contributed by atoms with Crippen molar-refractivity contribution >= 4 is 33.8 Å². The van der Waals surface area contributed by atoms with Gasteiger partial charge in [-0.05, 0) is 31.7 Å². The minimum atomic E-state index is 0.772. The summed E-state index contributed by atoms with van der Waals surface area (Å²) in [5.41, 5.74) is 2.47. The summed E-state index contributed by atoms with van der Waals surface area (Å²) in [6, 6.07) is 6.08. The van der Waals surface area contributed by atoms with Crippen LogP contribution in [0.25, 0.3) is 10.9 Å². The molecule has 5 heteroatoms. The third-order valence-corrected chi connectivity index (χ3v) is 4.42. The summed E-state index contributed by atoms with van der Waals surface area (Å²) in [7, 11) is 1.96. The van der Waals surface area contributed by atoms with Crippen molar-refractivity contribution in [2.45, 2.75) is 20.0 Å². The average Bonchev–Trinajstić information content (AvgIpc) is 2.96. The van der Waals surface area contributed by atoms with E-state index < -0.39 is 0 Å². The molecule has 3 aromatic rings. The maximum Gasteiger partial charge on any atom is 0.0897 e. The van der Waals surface area contributed by atoms with Crippen molar-refractivity contribution in [3.63, 3.8) is 0 Å². The number of halogens is 1. The van der Waals surface area contributed by atoms with E-state index >= 15 is 0 Å². The van der Waals surface area contributed by atoms with E-state index in [4.69, 9.17) is 11.6 Å². The van der Waals surface area contributed by atoms with Crippen LogP contribution in [0, 0.1) is 6.92 Å². The van der Waals surface area contributed by atoms with Gasteiger partial charge in [0.2, 0.25) is 0 Å². The molecule has 1 aromatic carbocycles. The lowest BCUT2D eigenvalue weighted by Gasteiger charge is -2.03. The van der Waals surface area contributed by atoms with Crippen LogP contribution in [0.1, 0.15) is 15.4 Å². The molecule has 0 spiro atoms. The normalized spacial score (nSPS) is 11.3. The number of benzene rings is 1. The van der Waals surface area contributed by atoms with Crippen LogP contribution in [0.4, 0.5) is 0 Å². The molecule has 2 heterocycles. The largest absolute Gasteiger partial charge is 0.342 e. The van der Waals surface area contributed by atoms with Crippen molar-refractivity contribution in [1.29, 1.82) is 0 Å². The van der Waals surface area contributed by atoms with E-state index in [1.54, 1.807) is 11.3 Å². The number of hydrogen-bond acceptors (Lipinski definition) is 3. The molecule has 1 N–H and O–H groups in total. The average molecular weight is 306 g/mol. The SMILES string of the molecule is CNCc1cn(Cc2cnc(C)s2)c2cc(Cl)ccc12. The van der Waals surface area contributed by atoms with Gasteiger partial charge in [0.25, 0.3) is 0 Å². The second-order valence-corrected chi connectivity index (χ2v) is 6.58. The molecule has 0 aliphatic heterocycles. The van der Waals surface area contributed by atoms with Crippen LogP contribution in [-0.4, -0.2) is 16.6 Å². The lowest BCUT2D eigenvalue weighted by molar-refractivity contribution is 0.799. The Morgan fingerprint density at radius 2 is 2.25 bits per heavy atom. The Hall–Kier alpha value is -1.36. The Kier molecular flexibility index (Phi) is 3.78. The van der Waals surface area contributed by atoms with E-state index in [1.807, 2.05) is 32.3 Å². The summed E-state index contributed by atoms with van der Waals surface area (Å²) >= 11 is 7.88. The molecule has 104 valence electrons. The summed E-state index contributed by atoms with van der Waals surface area (Å²) in [5.74, 6) is 0. The zero-order valence-electron chi connectivity index (χ0n) is 11.5. The van der Waals surface area contributed by atoms with E-state index in [0.29, 0.717) is 0 Å². The first kappa shape index (κ1) is 13.6. The van der Waals surface area contributed by atoms with Crippen LogP contribution in [0.5, 0.6) is 0 Å². The first-order valence-corrected chi connectivity index (χ1v) is 7.70. The van der Waals surface area contributed by atoms with Crippen LogP contribution in [0.2, 0.25) is 5.02 Å². The highest BCUT2D eigenvalue weighted by atomic mass is 35.5. The molecule has 0 aliphatic carbocycles. The van der Waals surface area contributed by atoms with Crippen molar-refractivity contribution in [3.05, 3.63) is 51.1 Å². The fourth-order valence-electron chi connectivity index (χ4n) is 2.45. The van der Waals surface area contributed by atoms with E-state index in [1.165, 1.54) is 21.3 Å². The highest BCUT2D eigenvalue weighted by molar-refractivity contribution is 7.11. The zero-order valence-corrected chi connectivity index (χ0v) is 13.1. The number of aromatic nitrogens is 2. The molecule has 0 unspecified atom stereocenters. The van der Waals surface area contributed by atoms with Gasteiger partial charge >= 0.3 is 0 Å². The van der Waals surface area contributed by atoms with Crippen molar-refractivity contribution in [2.24, 2.45) is 0 Å². The number of nitrogens with zero attached hydrogens (tertiary/aromatic N) is 2. The van der Waals surface area contributed by atoms with Crippen LogP contribution in [-0.2, 0) is 13.1 Å². The van der Waals surface area contributed by atoms with Crippen molar-refractivity contribution in [3.8, 4) is 0 Å². The van der Waals surface area contributed by atoms with E-state index in [0.717, 1.165) is 23.1 Å². The highest BCUT2D eigenvalue weighted by Crippen LogP contribution is 2.26. The van der Waals surface area contributed by atoms with Gasteiger partial charge in [0.05, 0.1) is 17.1 Å². The fourth-order valence-corrected chi connectivity index (χ4v) is 3.41. The summed E-state index contributed by atoms with van der Waals surface area (Å²) in [6.07, 6.45) is 4.15. The quantitative estimate of drug-likeness (QED) is 0.794. The Bertz CT molecular complexity index is 745. The maximum atomic E-state index is 6.15. The van der Waals surface area contributed by atoms with Gasteiger partial charge in [0.15, 0.2) is 0 Å². The number of aryl methyl sites for hydroxylation is 1. The summed E-state index contributed by atoms with van der Waals surface area (Å²) < 4.78 is 2.25. The maximum absolute atomic E-state index is 6.15. The van der Waals surface area contributed by atoms with Crippen LogP contribution in [0.3, 0.4) is 0 Å². The molecule has 0 radical (unpaired) electrons. The number of nitrogens with one attached hydrogen (secondary N) is 1. The van der Waals surface area contributed by atoms with Crippen molar-refractivity contribution < 1.29 is 0 Å². The van der Waals surface area contributed by atoms with Gasteiger partial charge in [0, 0.05) is 34.2 Å². The van der Waals surface area contributed by atoms with E-state index in [2.05, 4.69) is 27.1 Å². The standard InChI is InChI=1S/C15H16ClN3S/c1-10-18-7-13(20-10)9-19-8-11(6-17-2)14-4-3-12(16)5-15(14)19/h3-5,7-8,17H,6,9H2,1-2H3. The number of rotatable bonds is 4. The lowest BCUT2D eigenvalue weighted by Crippen LogP contribution is -2.04. The molecule has 2 aromatic heterocycles. The molecule has 0 saturated carbocycles. The molecule has 20 heavy (non-hydrogen) atoms. The Labute approximate surface area is 127 Å². The summed E-state index contributed by atoms with van der Waals surface area (Å²) in [4.78, 5) is 5.58. The predicted octanol–water partition coefficient (Wildman–Crippen LogP) is 3.83. The van der Waals surface area contributed by atoms with Gasteiger partial charge in [-0.15, -0.1) is 11.3 Å². The molecule has 0 aliphatic rings. The Balaban J connectivity index is 2.06. The molecule has 0 fully saturated rings. The molecular formula is C15H16ClN3S. The molecular weight excluding hydrogens is 290 g/mol. The molecule has 0 amide bonds. The minimum Gasteiger partial charge on any atom is -0.342 e. The molecule has 3 nitrogen and oxygen atoms in total. The Morgan fingerprint density at radius 1 is 1.40 bits per heavy atom. The molecule has 0 atom stereocenters. The van der Waals surface area contributed by atoms with Gasteiger partial charge in [-0.3, -0.25) is 0 Å². The number of fused-ring (bicyclic) bond motifs is 1. The fraction of sp³-hybridized carbons (Fsp3) is 0.267. The third-order valence-electron chi connectivity index (χ3n) is 3.29. The van der Waals surface area contributed by atoms with Gasteiger partial charge < -0.3 is 9.88 Å². The molecule has 3 rings (SSSR count). The first-order valence-electron chi connectivity index (χ1n) is 6.50. The minimum absolute atomic E-state index is 0.772. The van der Waals surface area contributed by atoms with Gasteiger partial charge in [-0.1, -0.05) is 17.7 Å². The summed E-state index contributed by atoms with van der Waals surface area (Å²) in [6.45, 7) is 3.73. The van der Waals surface area contributed by atoms with E-state index in [9.17, 15) is 0 Å². The van der Waals surface area contributed by atoms with E-state index in [-0.39, 0.29) is 0 Å². The second kappa shape index (κ2) is 5.56. The highest BCUT2D eigenvalue weighted by Gasteiger charge is 2.10. The Morgan fingerprint density at radius 3 is 2.95 bits per heavy atom. The predicted molar refractivity (Wildman–Crippen MR) is 85.7 cm³/mol. The lowest BCUT2D eigenvalue weighted by atomic mass is 10.2. The molecule has 0 bridgehead atoms. The number of thiazole rings is 1. The third kappa shape index (κ3) is 2.59. The van der Waals surface area contributed by atoms with Crippen LogP contribution in [0.15, 0.2) is 30.6 Å². The van der Waals surface area contributed by atoms with Gasteiger partial charge in [-0.2, -0.15) is 0 Å².